The third-order valence-corrected chi connectivity index (χ3v) is 6.49. The lowest BCUT2D eigenvalue weighted by Gasteiger charge is -2.14. The fraction of sp³-hybridized carbons (Fsp3) is 0.125. The van der Waals surface area contributed by atoms with Crippen LogP contribution in [0.4, 0.5) is 4.79 Å². The number of amides is 2. The molecule has 172 valence electrons. The van der Waals surface area contributed by atoms with E-state index in [-0.39, 0.29) is 18.2 Å². The molecule has 0 radical (unpaired) electrons. The highest BCUT2D eigenvalue weighted by Gasteiger charge is 2.36. The van der Waals surface area contributed by atoms with E-state index in [2.05, 4.69) is 0 Å². The Hall–Kier alpha value is -3.69. The van der Waals surface area contributed by atoms with E-state index in [1.54, 1.807) is 48.5 Å². The number of carbonyl (C=O) groups excluding carboxylic acids is 3. The monoisotopic (exact) mass is 497 g/mol. The number of thioether (sulfide) groups is 1. The molecular formula is C24H16ClNO7S. The number of fused-ring (bicyclic) bond motifs is 1. The minimum atomic E-state index is -0.441. The first kappa shape index (κ1) is 22.1. The van der Waals surface area contributed by atoms with Gasteiger partial charge in [0.2, 0.25) is 6.79 Å². The lowest BCUT2D eigenvalue weighted by molar-refractivity contribution is -0.123. The normalized spacial score (nSPS) is 15.9. The van der Waals surface area contributed by atoms with Crippen molar-refractivity contribution in [3.8, 4) is 22.8 Å². The quantitative estimate of drug-likeness (QED) is 0.344. The molecule has 0 atom stereocenters. The van der Waals surface area contributed by atoms with E-state index < -0.39 is 17.1 Å². The lowest BCUT2D eigenvalue weighted by atomic mass is 10.1. The van der Waals surface area contributed by atoms with Gasteiger partial charge in [0.15, 0.2) is 11.5 Å². The number of imide groups is 1. The minimum Gasteiger partial charge on any atom is -0.465 e. The zero-order valence-electron chi connectivity index (χ0n) is 17.7. The van der Waals surface area contributed by atoms with Crippen molar-refractivity contribution in [1.29, 1.82) is 0 Å². The lowest BCUT2D eigenvalue weighted by Crippen LogP contribution is -2.27. The first-order valence-electron chi connectivity index (χ1n) is 10.0. The largest absolute Gasteiger partial charge is 0.465 e. The topological polar surface area (TPSA) is 95.3 Å². The predicted molar refractivity (Wildman–Crippen MR) is 125 cm³/mol. The van der Waals surface area contributed by atoms with Crippen LogP contribution in [-0.2, 0) is 16.1 Å². The molecule has 0 bridgehead atoms. The van der Waals surface area contributed by atoms with E-state index in [0.717, 1.165) is 22.2 Å². The molecule has 0 saturated carbocycles. The van der Waals surface area contributed by atoms with Gasteiger partial charge in [-0.05, 0) is 47.7 Å². The standard InChI is InChI=1S/C24H16ClNO7S/c1-30-23(28)14-4-2-13(3-5-14)18-7-6-16(33-18)9-21-22(27)26(24(29)34-21)11-15-8-19-20(10-17(15)25)32-12-31-19/h2-10H,11-12H2,1H3/b21-9+. The van der Waals surface area contributed by atoms with Crippen LogP contribution in [0.25, 0.3) is 17.4 Å². The second kappa shape index (κ2) is 8.92. The number of hydrogen-bond donors (Lipinski definition) is 0. The third-order valence-electron chi connectivity index (χ3n) is 5.23. The summed E-state index contributed by atoms with van der Waals surface area (Å²) in [6.45, 7) is 0.105. The molecule has 34 heavy (non-hydrogen) atoms. The van der Waals surface area contributed by atoms with Gasteiger partial charge in [-0.3, -0.25) is 14.5 Å². The Bertz CT molecular complexity index is 1350. The molecule has 3 aromatic rings. The van der Waals surface area contributed by atoms with Crippen LogP contribution >= 0.6 is 23.4 Å². The Labute approximate surface area is 203 Å². The molecular weight excluding hydrogens is 482 g/mol. The van der Waals surface area contributed by atoms with Gasteiger partial charge >= 0.3 is 5.97 Å². The highest BCUT2D eigenvalue weighted by Crippen LogP contribution is 2.39. The van der Waals surface area contributed by atoms with Crippen LogP contribution in [0.1, 0.15) is 21.7 Å². The smallest absolute Gasteiger partial charge is 0.337 e. The molecule has 0 unspecified atom stereocenters. The van der Waals surface area contributed by atoms with Crippen molar-refractivity contribution in [2.24, 2.45) is 0 Å². The number of esters is 1. The van der Waals surface area contributed by atoms with Crippen molar-refractivity contribution >= 4 is 46.6 Å². The molecule has 2 aliphatic heterocycles. The van der Waals surface area contributed by atoms with Gasteiger partial charge in [0, 0.05) is 22.7 Å². The van der Waals surface area contributed by atoms with Gasteiger partial charge in [0.05, 0.1) is 24.1 Å². The number of nitrogens with zero attached hydrogens (tertiary/aromatic N) is 1. The maximum absolute atomic E-state index is 12.9. The Kier molecular flexibility index (Phi) is 5.80. The molecule has 2 aliphatic rings. The summed E-state index contributed by atoms with van der Waals surface area (Å²) >= 11 is 7.13. The molecule has 1 aromatic heterocycles. The predicted octanol–water partition coefficient (Wildman–Crippen LogP) is 5.35. The van der Waals surface area contributed by atoms with Crippen molar-refractivity contribution in [3.63, 3.8) is 0 Å². The van der Waals surface area contributed by atoms with Crippen molar-refractivity contribution in [1.82, 2.24) is 4.90 Å². The number of ether oxygens (including phenoxy) is 3. The van der Waals surface area contributed by atoms with E-state index in [1.165, 1.54) is 13.2 Å². The molecule has 2 amide bonds. The molecule has 1 saturated heterocycles. The average molecular weight is 498 g/mol. The summed E-state index contributed by atoms with van der Waals surface area (Å²) in [7, 11) is 1.32. The fourth-order valence-corrected chi connectivity index (χ4v) is 4.52. The Balaban J connectivity index is 1.33. The second-order valence-corrected chi connectivity index (χ2v) is 8.74. The molecule has 1 fully saturated rings. The number of hydrogen-bond acceptors (Lipinski definition) is 8. The second-order valence-electron chi connectivity index (χ2n) is 7.34. The van der Waals surface area contributed by atoms with Crippen LogP contribution < -0.4 is 9.47 Å². The van der Waals surface area contributed by atoms with E-state index in [1.807, 2.05) is 0 Å². The molecule has 2 aromatic carbocycles. The van der Waals surface area contributed by atoms with E-state index in [4.69, 9.17) is 30.2 Å². The SMILES string of the molecule is COC(=O)c1ccc(-c2ccc(/C=C3/SC(=O)N(Cc4cc5c(cc4Cl)OCO5)C3=O)o2)cc1. The van der Waals surface area contributed by atoms with Crippen LogP contribution in [0.3, 0.4) is 0 Å². The van der Waals surface area contributed by atoms with Crippen molar-refractivity contribution < 1.29 is 33.0 Å². The summed E-state index contributed by atoms with van der Waals surface area (Å²) in [5, 5.41) is -0.0312. The number of furan rings is 1. The van der Waals surface area contributed by atoms with Gasteiger partial charge in [-0.1, -0.05) is 23.7 Å². The summed E-state index contributed by atoms with van der Waals surface area (Å²) in [4.78, 5) is 38.4. The van der Waals surface area contributed by atoms with Crippen LogP contribution in [-0.4, -0.2) is 35.9 Å². The fourth-order valence-electron chi connectivity index (χ4n) is 3.49. The first-order valence-corrected chi connectivity index (χ1v) is 11.2. The maximum atomic E-state index is 12.9. The molecule has 3 heterocycles. The summed E-state index contributed by atoms with van der Waals surface area (Å²) in [6, 6.07) is 13.5. The van der Waals surface area contributed by atoms with Crippen LogP contribution in [0.15, 0.2) is 57.9 Å². The molecule has 0 N–H and O–H groups in total. The summed E-state index contributed by atoms with van der Waals surface area (Å²) < 4.78 is 21.2. The van der Waals surface area contributed by atoms with E-state index >= 15 is 0 Å². The summed E-state index contributed by atoms with van der Waals surface area (Å²) in [5.41, 5.74) is 1.75. The van der Waals surface area contributed by atoms with Gasteiger partial charge in [-0.2, -0.15) is 0 Å². The Morgan fingerprint density at radius 3 is 2.59 bits per heavy atom. The van der Waals surface area contributed by atoms with E-state index in [9.17, 15) is 14.4 Å². The number of halogens is 1. The van der Waals surface area contributed by atoms with Crippen LogP contribution in [0, 0.1) is 0 Å². The summed E-state index contributed by atoms with van der Waals surface area (Å²) in [6.07, 6.45) is 1.53. The van der Waals surface area contributed by atoms with Gasteiger partial charge in [-0.15, -0.1) is 0 Å². The molecule has 0 spiro atoms. The van der Waals surface area contributed by atoms with Gasteiger partial charge < -0.3 is 18.6 Å². The zero-order chi connectivity index (χ0) is 23.8. The van der Waals surface area contributed by atoms with Crippen molar-refractivity contribution in [3.05, 3.63) is 75.3 Å². The van der Waals surface area contributed by atoms with Crippen LogP contribution in [0.2, 0.25) is 5.02 Å². The maximum Gasteiger partial charge on any atom is 0.337 e. The van der Waals surface area contributed by atoms with Gasteiger partial charge in [-0.25, -0.2) is 4.79 Å². The first-order chi connectivity index (χ1) is 16.4. The van der Waals surface area contributed by atoms with Gasteiger partial charge in [0.1, 0.15) is 11.5 Å². The molecule has 0 aliphatic carbocycles. The van der Waals surface area contributed by atoms with Crippen molar-refractivity contribution in [2.75, 3.05) is 13.9 Å². The molecule has 10 heteroatoms. The minimum absolute atomic E-state index is 0.00737. The van der Waals surface area contributed by atoms with E-state index in [0.29, 0.717) is 39.2 Å². The zero-order valence-corrected chi connectivity index (χ0v) is 19.3. The Morgan fingerprint density at radius 1 is 1.12 bits per heavy atom. The number of carbonyl (C=O) groups is 3. The van der Waals surface area contributed by atoms with Gasteiger partial charge in [0.25, 0.3) is 11.1 Å². The van der Waals surface area contributed by atoms with Crippen molar-refractivity contribution in [2.45, 2.75) is 6.54 Å². The third kappa shape index (κ3) is 4.15. The average Bonchev–Trinajstić information content (AvgIpc) is 3.55. The molecule has 5 rings (SSSR count). The summed E-state index contributed by atoms with van der Waals surface area (Å²) in [5.74, 6) is 1.14. The Morgan fingerprint density at radius 2 is 1.85 bits per heavy atom. The number of rotatable bonds is 5. The highest BCUT2D eigenvalue weighted by atomic mass is 35.5. The molecule has 8 nitrogen and oxygen atoms in total. The van der Waals surface area contributed by atoms with Crippen LogP contribution in [0.5, 0.6) is 11.5 Å². The number of methoxy groups -OCH3 is 1. The number of benzene rings is 2. The highest BCUT2D eigenvalue weighted by molar-refractivity contribution is 8.18.